The van der Waals surface area contributed by atoms with E-state index in [4.69, 9.17) is 0 Å². The van der Waals surface area contributed by atoms with Gasteiger partial charge in [-0.15, -0.1) is 0 Å². The molecule has 2 saturated heterocycles. The van der Waals surface area contributed by atoms with Crippen LogP contribution in [0.1, 0.15) is 19.3 Å². The Morgan fingerprint density at radius 2 is 1.87 bits per heavy atom. The van der Waals surface area contributed by atoms with E-state index in [1.165, 1.54) is 65.1 Å². The summed E-state index contributed by atoms with van der Waals surface area (Å²) < 4.78 is 0. The Hall–Kier alpha value is -0.120. The molecule has 0 aromatic rings. The molecule has 3 nitrogen and oxygen atoms in total. The zero-order chi connectivity index (χ0) is 10.5. The Morgan fingerprint density at radius 3 is 2.67 bits per heavy atom. The van der Waals surface area contributed by atoms with Crippen molar-refractivity contribution in [2.45, 2.75) is 19.3 Å². The van der Waals surface area contributed by atoms with Gasteiger partial charge in [-0.25, -0.2) is 0 Å². The summed E-state index contributed by atoms with van der Waals surface area (Å²) in [4.78, 5) is 5.12. The highest BCUT2D eigenvalue weighted by atomic mass is 15.2. The number of nitrogens with zero attached hydrogens (tertiary/aromatic N) is 2. The number of hydrogen-bond acceptors (Lipinski definition) is 3. The molecule has 1 N–H and O–H groups in total. The molecule has 0 unspecified atom stereocenters. The normalized spacial score (nSPS) is 27.8. The molecule has 0 saturated carbocycles. The lowest BCUT2D eigenvalue weighted by Gasteiger charge is -2.32. The molecule has 0 spiro atoms. The fourth-order valence-corrected chi connectivity index (χ4v) is 2.69. The van der Waals surface area contributed by atoms with E-state index in [2.05, 4.69) is 22.2 Å². The molecule has 2 rings (SSSR count). The van der Waals surface area contributed by atoms with E-state index in [0.29, 0.717) is 0 Å². The molecule has 88 valence electrons. The van der Waals surface area contributed by atoms with E-state index in [9.17, 15) is 0 Å². The van der Waals surface area contributed by atoms with Crippen LogP contribution in [0.3, 0.4) is 0 Å². The van der Waals surface area contributed by atoms with Gasteiger partial charge in [0.05, 0.1) is 0 Å². The Bertz CT molecular complexity index is 168. The standard InChI is InChI=1S/C12H25N3/c1-14-8-3-12(4-9-14)11-15-7-2-5-13-6-10-15/h12-13H,2-11H2,1H3. The minimum atomic E-state index is 0.958. The predicted octanol–water partition coefficient (Wildman–Crippen LogP) is 0.623. The van der Waals surface area contributed by atoms with Crippen LogP contribution in [-0.4, -0.2) is 62.7 Å². The first-order chi connectivity index (χ1) is 7.34. The number of hydrogen-bond donors (Lipinski definition) is 1. The average Bonchev–Trinajstić information content (AvgIpc) is 2.50. The SMILES string of the molecule is CN1CCC(CN2CCCNCC2)CC1. The quantitative estimate of drug-likeness (QED) is 0.722. The smallest absolute Gasteiger partial charge is 0.0107 e. The summed E-state index contributed by atoms with van der Waals surface area (Å²) >= 11 is 0. The van der Waals surface area contributed by atoms with Crippen molar-refractivity contribution in [1.82, 2.24) is 15.1 Å². The van der Waals surface area contributed by atoms with Crippen molar-refractivity contribution in [2.75, 3.05) is 52.9 Å². The maximum absolute atomic E-state index is 3.47. The van der Waals surface area contributed by atoms with E-state index in [1.54, 1.807) is 0 Å². The van der Waals surface area contributed by atoms with Gasteiger partial charge in [0.25, 0.3) is 0 Å². The maximum atomic E-state index is 3.47. The summed E-state index contributed by atoms with van der Waals surface area (Å²) in [6.07, 6.45) is 4.13. The Kier molecular flexibility index (Phi) is 4.42. The summed E-state index contributed by atoms with van der Waals surface area (Å²) in [6.45, 7) is 8.91. The number of nitrogens with one attached hydrogen (secondary N) is 1. The van der Waals surface area contributed by atoms with Crippen LogP contribution in [0.15, 0.2) is 0 Å². The zero-order valence-electron chi connectivity index (χ0n) is 10.0. The lowest BCUT2D eigenvalue weighted by molar-refractivity contribution is 0.165. The fourth-order valence-electron chi connectivity index (χ4n) is 2.69. The second kappa shape index (κ2) is 5.83. The molecule has 2 aliphatic heterocycles. The minimum absolute atomic E-state index is 0.958. The molecule has 0 bridgehead atoms. The molecule has 0 amide bonds. The van der Waals surface area contributed by atoms with Gasteiger partial charge in [-0.2, -0.15) is 0 Å². The topological polar surface area (TPSA) is 18.5 Å². The first-order valence-corrected chi connectivity index (χ1v) is 6.46. The van der Waals surface area contributed by atoms with Crippen molar-refractivity contribution in [3.05, 3.63) is 0 Å². The summed E-state index contributed by atoms with van der Waals surface area (Å²) in [5.41, 5.74) is 0. The Morgan fingerprint density at radius 1 is 1.07 bits per heavy atom. The van der Waals surface area contributed by atoms with Gasteiger partial charge in [0.1, 0.15) is 0 Å². The van der Waals surface area contributed by atoms with Gasteiger partial charge in [-0.05, 0) is 58.4 Å². The molecular formula is C12H25N3. The molecule has 2 heterocycles. The highest BCUT2D eigenvalue weighted by Gasteiger charge is 2.19. The molecule has 0 aromatic heterocycles. The van der Waals surface area contributed by atoms with Gasteiger partial charge >= 0.3 is 0 Å². The van der Waals surface area contributed by atoms with E-state index in [-0.39, 0.29) is 0 Å². The zero-order valence-corrected chi connectivity index (χ0v) is 10.0. The van der Waals surface area contributed by atoms with Crippen LogP contribution in [-0.2, 0) is 0 Å². The van der Waals surface area contributed by atoms with Crippen LogP contribution in [0.4, 0.5) is 0 Å². The van der Waals surface area contributed by atoms with Crippen molar-refractivity contribution in [2.24, 2.45) is 5.92 Å². The number of rotatable bonds is 2. The molecule has 0 aliphatic carbocycles. The molecule has 15 heavy (non-hydrogen) atoms. The van der Waals surface area contributed by atoms with Crippen LogP contribution >= 0.6 is 0 Å². The molecule has 0 atom stereocenters. The number of piperidine rings is 1. The van der Waals surface area contributed by atoms with Gasteiger partial charge < -0.3 is 15.1 Å². The Labute approximate surface area is 93.8 Å². The minimum Gasteiger partial charge on any atom is -0.315 e. The molecule has 2 aliphatic rings. The third kappa shape index (κ3) is 3.74. The van der Waals surface area contributed by atoms with Crippen molar-refractivity contribution in [3.63, 3.8) is 0 Å². The van der Waals surface area contributed by atoms with Gasteiger partial charge in [0.2, 0.25) is 0 Å². The maximum Gasteiger partial charge on any atom is 0.0107 e. The van der Waals surface area contributed by atoms with Crippen LogP contribution in [0.5, 0.6) is 0 Å². The fraction of sp³-hybridized carbons (Fsp3) is 1.00. The lowest BCUT2D eigenvalue weighted by Crippen LogP contribution is -2.38. The molecule has 0 radical (unpaired) electrons. The summed E-state index contributed by atoms with van der Waals surface area (Å²) in [5.74, 6) is 0.958. The van der Waals surface area contributed by atoms with Crippen molar-refractivity contribution in [1.29, 1.82) is 0 Å². The second-order valence-electron chi connectivity index (χ2n) is 5.15. The van der Waals surface area contributed by atoms with Crippen molar-refractivity contribution < 1.29 is 0 Å². The van der Waals surface area contributed by atoms with Crippen molar-refractivity contribution >= 4 is 0 Å². The van der Waals surface area contributed by atoms with Crippen molar-refractivity contribution in [3.8, 4) is 0 Å². The van der Waals surface area contributed by atoms with Gasteiger partial charge in [-0.1, -0.05) is 0 Å². The van der Waals surface area contributed by atoms with E-state index >= 15 is 0 Å². The van der Waals surface area contributed by atoms with Crippen LogP contribution in [0, 0.1) is 5.92 Å². The van der Waals surface area contributed by atoms with Crippen LogP contribution in [0.2, 0.25) is 0 Å². The van der Waals surface area contributed by atoms with E-state index < -0.39 is 0 Å². The highest BCUT2D eigenvalue weighted by molar-refractivity contribution is 4.75. The summed E-state index contributed by atoms with van der Waals surface area (Å²) in [6, 6.07) is 0. The lowest BCUT2D eigenvalue weighted by atomic mass is 9.96. The number of likely N-dealkylation sites (tertiary alicyclic amines) is 1. The van der Waals surface area contributed by atoms with Crippen LogP contribution in [0.25, 0.3) is 0 Å². The monoisotopic (exact) mass is 211 g/mol. The van der Waals surface area contributed by atoms with Gasteiger partial charge in [0, 0.05) is 19.6 Å². The first kappa shape index (κ1) is 11.4. The van der Waals surface area contributed by atoms with Gasteiger partial charge in [-0.3, -0.25) is 0 Å². The molecule has 2 fully saturated rings. The third-order valence-corrected chi connectivity index (χ3v) is 3.79. The Balaban J connectivity index is 1.70. The summed E-state index contributed by atoms with van der Waals surface area (Å²) in [7, 11) is 2.24. The average molecular weight is 211 g/mol. The van der Waals surface area contributed by atoms with E-state index in [1.807, 2.05) is 0 Å². The molecule has 0 aromatic carbocycles. The third-order valence-electron chi connectivity index (χ3n) is 3.79. The molecule has 3 heteroatoms. The highest BCUT2D eigenvalue weighted by Crippen LogP contribution is 2.17. The molecular weight excluding hydrogens is 186 g/mol. The van der Waals surface area contributed by atoms with Crippen LogP contribution < -0.4 is 5.32 Å². The van der Waals surface area contributed by atoms with E-state index in [0.717, 1.165) is 5.92 Å². The largest absolute Gasteiger partial charge is 0.315 e. The first-order valence-electron chi connectivity index (χ1n) is 6.46. The summed E-state index contributed by atoms with van der Waals surface area (Å²) in [5, 5.41) is 3.47. The van der Waals surface area contributed by atoms with Gasteiger partial charge in [0.15, 0.2) is 0 Å². The second-order valence-corrected chi connectivity index (χ2v) is 5.15. The predicted molar refractivity (Wildman–Crippen MR) is 64.1 cm³/mol.